The molecule has 1 saturated heterocycles. The fourth-order valence-electron chi connectivity index (χ4n) is 2.41. The van der Waals surface area contributed by atoms with Gasteiger partial charge in [-0.15, -0.1) is 0 Å². The Balaban J connectivity index is 1.70. The van der Waals surface area contributed by atoms with Crippen molar-refractivity contribution >= 4 is 23.2 Å². The normalized spacial score (nSPS) is 15.8. The van der Waals surface area contributed by atoms with Gasteiger partial charge in [-0.3, -0.25) is 9.69 Å². The van der Waals surface area contributed by atoms with Gasteiger partial charge in [0.1, 0.15) is 0 Å². The Labute approximate surface area is 149 Å². The molecule has 2 rings (SSSR count). The lowest BCUT2D eigenvalue weighted by Gasteiger charge is -2.26. The first-order valence-electron chi connectivity index (χ1n) is 8.03. The average molecular weight is 380 g/mol. The van der Waals surface area contributed by atoms with Crippen LogP contribution in [0, 0.1) is 0 Å². The van der Waals surface area contributed by atoms with Crippen LogP contribution in [0.15, 0.2) is 18.2 Å². The maximum absolute atomic E-state index is 12.7. The van der Waals surface area contributed by atoms with Crippen molar-refractivity contribution in [2.45, 2.75) is 12.6 Å². The Morgan fingerprint density at radius 3 is 2.64 bits per heavy atom. The number of benzene rings is 1. The van der Waals surface area contributed by atoms with Crippen LogP contribution in [0.3, 0.4) is 0 Å². The molecule has 0 unspecified atom stereocenters. The summed E-state index contributed by atoms with van der Waals surface area (Å²) in [4.78, 5) is 14.0. The van der Waals surface area contributed by atoms with Gasteiger partial charge in [0.05, 0.1) is 29.5 Å². The fraction of sp³-hybridized carbons (Fsp3) is 0.562. The first-order valence-corrected chi connectivity index (χ1v) is 8.41. The SMILES string of the molecule is O=C(CCNc1cc(C(F)(F)F)ccc1Cl)NCCN1CCOCC1. The molecular formula is C16H21ClF3N3O2. The van der Waals surface area contributed by atoms with Crippen LogP contribution in [-0.4, -0.2) is 56.7 Å². The van der Waals surface area contributed by atoms with Gasteiger partial charge >= 0.3 is 6.18 Å². The van der Waals surface area contributed by atoms with Crippen LogP contribution in [-0.2, 0) is 15.7 Å². The minimum Gasteiger partial charge on any atom is -0.383 e. The highest BCUT2D eigenvalue weighted by atomic mass is 35.5. The maximum Gasteiger partial charge on any atom is 0.416 e. The minimum absolute atomic E-state index is 0.148. The summed E-state index contributed by atoms with van der Waals surface area (Å²) >= 11 is 5.89. The van der Waals surface area contributed by atoms with E-state index in [1.54, 1.807) is 0 Å². The number of nitrogens with zero attached hydrogens (tertiary/aromatic N) is 1. The lowest BCUT2D eigenvalue weighted by atomic mass is 10.2. The molecule has 0 aliphatic carbocycles. The standard InChI is InChI=1S/C16H21ClF3N3O2/c17-13-2-1-12(16(18,19)20)11-14(13)21-4-3-15(24)22-5-6-23-7-9-25-10-8-23/h1-2,11,21H,3-10H2,(H,22,24). The molecule has 9 heteroatoms. The molecule has 1 fully saturated rings. The number of carbonyl (C=O) groups is 1. The van der Waals surface area contributed by atoms with Crippen LogP contribution >= 0.6 is 11.6 Å². The zero-order valence-corrected chi connectivity index (χ0v) is 14.4. The molecule has 0 aromatic heterocycles. The zero-order chi connectivity index (χ0) is 18.3. The largest absolute Gasteiger partial charge is 0.416 e. The van der Waals surface area contributed by atoms with Crippen LogP contribution in [0.25, 0.3) is 0 Å². The second kappa shape index (κ2) is 9.26. The first kappa shape index (κ1) is 19.8. The summed E-state index contributed by atoms with van der Waals surface area (Å²) in [6, 6.07) is 3.06. The summed E-state index contributed by atoms with van der Waals surface area (Å²) in [5, 5.41) is 5.75. The van der Waals surface area contributed by atoms with Crippen molar-refractivity contribution < 1.29 is 22.7 Å². The lowest BCUT2D eigenvalue weighted by Crippen LogP contribution is -2.41. The van der Waals surface area contributed by atoms with Crippen LogP contribution in [0.1, 0.15) is 12.0 Å². The topological polar surface area (TPSA) is 53.6 Å². The highest BCUT2D eigenvalue weighted by Crippen LogP contribution is 2.33. The van der Waals surface area contributed by atoms with Gasteiger partial charge in [-0.2, -0.15) is 13.2 Å². The van der Waals surface area contributed by atoms with Crippen molar-refractivity contribution in [1.82, 2.24) is 10.2 Å². The predicted molar refractivity (Wildman–Crippen MR) is 89.8 cm³/mol. The number of alkyl halides is 3. The van der Waals surface area contributed by atoms with E-state index < -0.39 is 11.7 Å². The highest BCUT2D eigenvalue weighted by Gasteiger charge is 2.30. The minimum atomic E-state index is -4.43. The lowest BCUT2D eigenvalue weighted by molar-refractivity contribution is -0.137. The van der Waals surface area contributed by atoms with Gasteiger partial charge in [0.2, 0.25) is 5.91 Å². The Hall–Kier alpha value is -1.51. The van der Waals surface area contributed by atoms with Crippen molar-refractivity contribution in [3.8, 4) is 0 Å². The van der Waals surface area contributed by atoms with Crippen molar-refractivity contribution in [1.29, 1.82) is 0 Å². The van der Waals surface area contributed by atoms with Crippen LogP contribution in [0.4, 0.5) is 18.9 Å². The molecule has 0 radical (unpaired) electrons. The number of nitrogens with one attached hydrogen (secondary N) is 2. The third-order valence-electron chi connectivity index (χ3n) is 3.82. The van der Waals surface area contributed by atoms with Crippen LogP contribution < -0.4 is 10.6 Å². The van der Waals surface area contributed by atoms with Gasteiger partial charge in [0.25, 0.3) is 0 Å². The molecule has 0 spiro atoms. The highest BCUT2D eigenvalue weighted by molar-refractivity contribution is 6.33. The van der Waals surface area contributed by atoms with E-state index >= 15 is 0 Å². The van der Waals surface area contributed by atoms with Gasteiger partial charge in [0, 0.05) is 39.1 Å². The van der Waals surface area contributed by atoms with E-state index in [1.165, 1.54) is 6.07 Å². The number of hydrogen-bond acceptors (Lipinski definition) is 4. The number of ether oxygens (including phenoxy) is 1. The van der Waals surface area contributed by atoms with E-state index in [0.29, 0.717) is 19.8 Å². The Kier molecular flexibility index (Phi) is 7.34. The summed E-state index contributed by atoms with van der Waals surface area (Å²) in [6.45, 7) is 4.59. The van der Waals surface area contributed by atoms with E-state index in [9.17, 15) is 18.0 Å². The number of hydrogen-bond donors (Lipinski definition) is 2. The van der Waals surface area contributed by atoms with Crippen molar-refractivity contribution in [2.24, 2.45) is 0 Å². The van der Waals surface area contributed by atoms with E-state index in [4.69, 9.17) is 16.3 Å². The van der Waals surface area contributed by atoms with Gasteiger partial charge in [-0.25, -0.2) is 0 Å². The number of halogens is 4. The Bertz CT molecular complexity index is 578. The molecule has 140 valence electrons. The number of anilines is 1. The number of rotatable bonds is 7. The quantitative estimate of drug-likeness (QED) is 0.764. The summed E-state index contributed by atoms with van der Waals surface area (Å²) in [7, 11) is 0. The van der Waals surface area contributed by atoms with Gasteiger partial charge in [0.15, 0.2) is 0 Å². The molecule has 0 bridgehead atoms. The molecular weight excluding hydrogens is 359 g/mol. The van der Waals surface area contributed by atoms with Crippen LogP contribution in [0.5, 0.6) is 0 Å². The molecule has 5 nitrogen and oxygen atoms in total. The van der Waals surface area contributed by atoms with E-state index in [1.807, 2.05) is 0 Å². The number of morpholine rings is 1. The summed E-state index contributed by atoms with van der Waals surface area (Å²) < 4.78 is 43.3. The summed E-state index contributed by atoms with van der Waals surface area (Å²) in [5.74, 6) is -0.163. The van der Waals surface area contributed by atoms with Crippen molar-refractivity contribution in [2.75, 3.05) is 51.3 Å². The molecule has 0 atom stereocenters. The summed E-state index contributed by atoms with van der Waals surface area (Å²) in [6.07, 6.45) is -4.28. The number of amides is 1. The smallest absolute Gasteiger partial charge is 0.383 e. The van der Waals surface area contributed by atoms with Gasteiger partial charge in [-0.05, 0) is 18.2 Å². The maximum atomic E-state index is 12.7. The molecule has 1 heterocycles. The van der Waals surface area contributed by atoms with Crippen LogP contribution in [0.2, 0.25) is 5.02 Å². The molecule has 25 heavy (non-hydrogen) atoms. The first-order chi connectivity index (χ1) is 11.9. The van der Waals surface area contributed by atoms with Gasteiger partial charge in [-0.1, -0.05) is 11.6 Å². The zero-order valence-electron chi connectivity index (χ0n) is 13.7. The fourth-order valence-corrected chi connectivity index (χ4v) is 2.60. The average Bonchev–Trinajstić information content (AvgIpc) is 2.56. The summed E-state index contributed by atoms with van der Waals surface area (Å²) in [5.41, 5.74) is -0.619. The van der Waals surface area contributed by atoms with Crippen molar-refractivity contribution in [3.05, 3.63) is 28.8 Å². The molecule has 1 aliphatic heterocycles. The van der Waals surface area contributed by atoms with Crippen molar-refractivity contribution in [3.63, 3.8) is 0 Å². The predicted octanol–water partition coefficient (Wildman–Crippen LogP) is 2.61. The molecule has 0 saturated carbocycles. The van der Waals surface area contributed by atoms with Gasteiger partial charge < -0.3 is 15.4 Å². The molecule has 1 aromatic rings. The van der Waals surface area contributed by atoms with E-state index in [0.717, 1.165) is 31.8 Å². The second-order valence-electron chi connectivity index (χ2n) is 5.67. The molecule has 1 amide bonds. The van der Waals surface area contributed by atoms with E-state index in [-0.39, 0.29) is 29.6 Å². The molecule has 2 N–H and O–H groups in total. The monoisotopic (exact) mass is 379 g/mol. The second-order valence-corrected chi connectivity index (χ2v) is 6.08. The molecule has 1 aromatic carbocycles. The Morgan fingerprint density at radius 1 is 1.24 bits per heavy atom. The third-order valence-corrected chi connectivity index (χ3v) is 4.14. The Morgan fingerprint density at radius 2 is 1.96 bits per heavy atom. The molecule has 1 aliphatic rings. The third kappa shape index (κ3) is 6.72. The number of carbonyl (C=O) groups excluding carboxylic acids is 1. The van der Waals surface area contributed by atoms with E-state index in [2.05, 4.69) is 15.5 Å².